The quantitative estimate of drug-likeness (QED) is 0.463. The fourth-order valence-corrected chi connectivity index (χ4v) is 0.750. The fraction of sp³-hybridized carbons (Fsp3) is 1.00. The molecule has 106 valence electrons. The maximum Gasteiger partial charge on any atom is -0.0334 e. The standard InChI is InChI=1S/C8H18.7CH4/c1-5-8(4,6-2)7-3;;;;;;;/h5-7H2,1-4H3;7*1H4. The van der Waals surface area contributed by atoms with Crippen LogP contribution in [0.25, 0.3) is 0 Å². The van der Waals surface area contributed by atoms with Gasteiger partial charge in [0.25, 0.3) is 0 Å². The van der Waals surface area contributed by atoms with Crippen molar-refractivity contribution >= 4 is 0 Å². The van der Waals surface area contributed by atoms with E-state index in [9.17, 15) is 0 Å². The molecule has 0 spiro atoms. The average molecular weight is 227 g/mol. The molecule has 0 N–H and O–H groups in total. The molecule has 0 radical (unpaired) electrons. The molecule has 0 saturated carbocycles. The monoisotopic (exact) mass is 226 g/mol. The van der Waals surface area contributed by atoms with E-state index in [0.29, 0.717) is 5.41 Å². The summed E-state index contributed by atoms with van der Waals surface area (Å²) in [6.45, 7) is 9.17. The molecule has 0 aliphatic rings. The second-order valence-electron chi connectivity index (χ2n) is 2.87. The summed E-state index contributed by atoms with van der Waals surface area (Å²) in [6.07, 6.45) is 3.96. The lowest BCUT2D eigenvalue weighted by Gasteiger charge is -2.23. The third-order valence-electron chi connectivity index (χ3n) is 2.56. The molecule has 0 saturated heterocycles. The summed E-state index contributed by atoms with van der Waals surface area (Å²) in [5, 5.41) is 0. The third-order valence-corrected chi connectivity index (χ3v) is 2.56. The van der Waals surface area contributed by atoms with E-state index in [4.69, 9.17) is 0 Å². The second-order valence-corrected chi connectivity index (χ2v) is 2.87. The van der Waals surface area contributed by atoms with Gasteiger partial charge in [0.15, 0.2) is 0 Å². The predicted octanol–water partition coefficient (Wildman–Crippen LogP) is 7.68. The van der Waals surface area contributed by atoms with Gasteiger partial charge < -0.3 is 0 Å². The molecule has 0 aliphatic heterocycles. The highest BCUT2D eigenvalue weighted by Crippen LogP contribution is 2.28. The van der Waals surface area contributed by atoms with E-state index in [1.165, 1.54) is 19.3 Å². The third kappa shape index (κ3) is 24.9. The largest absolute Gasteiger partial charge is 0.0776 e. The van der Waals surface area contributed by atoms with Crippen molar-refractivity contribution in [3.8, 4) is 0 Å². The maximum atomic E-state index is 2.35. The van der Waals surface area contributed by atoms with Crippen LogP contribution >= 0.6 is 0 Å². The molecule has 0 aromatic carbocycles. The molecule has 0 aromatic heterocycles. The van der Waals surface area contributed by atoms with Gasteiger partial charge in [0.05, 0.1) is 0 Å². The van der Waals surface area contributed by atoms with Crippen LogP contribution in [0.2, 0.25) is 0 Å². The highest BCUT2D eigenvalue weighted by atomic mass is 14.2. The molecular weight excluding hydrogens is 180 g/mol. The van der Waals surface area contributed by atoms with Crippen LogP contribution in [0.3, 0.4) is 0 Å². The molecule has 0 aromatic rings. The fourth-order valence-electron chi connectivity index (χ4n) is 0.750. The first-order chi connectivity index (χ1) is 3.68. The van der Waals surface area contributed by atoms with Gasteiger partial charge in [-0.1, -0.05) is 98.9 Å². The Hall–Kier alpha value is 0. The molecule has 0 rings (SSSR count). The molecular formula is C15H46. The van der Waals surface area contributed by atoms with Crippen LogP contribution in [-0.4, -0.2) is 0 Å². The molecule has 0 amide bonds. The Balaban J connectivity index is -0.0000000117. The van der Waals surface area contributed by atoms with E-state index in [-0.39, 0.29) is 52.0 Å². The smallest absolute Gasteiger partial charge is 0.0334 e. The zero-order chi connectivity index (χ0) is 6.62. The SMILES string of the molecule is C.C.C.C.C.C.C.CCC(C)(CC)CC. The number of hydrogen-bond acceptors (Lipinski definition) is 0. The summed E-state index contributed by atoms with van der Waals surface area (Å²) in [7, 11) is 0. The number of rotatable bonds is 3. The first-order valence-corrected chi connectivity index (χ1v) is 3.68. The van der Waals surface area contributed by atoms with Crippen molar-refractivity contribution in [3.63, 3.8) is 0 Å². The highest BCUT2D eigenvalue weighted by Gasteiger charge is 2.15. The Morgan fingerprint density at radius 3 is 0.667 bits per heavy atom. The van der Waals surface area contributed by atoms with Crippen molar-refractivity contribution in [2.45, 2.75) is 98.9 Å². The number of hydrogen-bond donors (Lipinski definition) is 0. The van der Waals surface area contributed by atoms with E-state index in [1.54, 1.807) is 0 Å². The first-order valence-electron chi connectivity index (χ1n) is 3.68. The molecule has 15 heavy (non-hydrogen) atoms. The van der Waals surface area contributed by atoms with Gasteiger partial charge >= 0.3 is 0 Å². The minimum Gasteiger partial charge on any atom is -0.0776 e. The lowest BCUT2D eigenvalue weighted by atomic mass is 9.82. The van der Waals surface area contributed by atoms with Crippen LogP contribution in [0.15, 0.2) is 0 Å². The minimum atomic E-state index is 0. The van der Waals surface area contributed by atoms with Crippen molar-refractivity contribution in [1.82, 2.24) is 0 Å². The average Bonchev–Trinajstić information content (AvgIpc) is 1.87. The summed E-state index contributed by atoms with van der Waals surface area (Å²) in [4.78, 5) is 0. The molecule has 0 aliphatic carbocycles. The summed E-state index contributed by atoms with van der Waals surface area (Å²) in [6, 6.07) is 0. The normalized spacial score (nSPS) is 6.40. The molecule has 0 bridgehead atoms. The van der Waals surface area contributed by atoms with Crippen LogP contribution < -0.4 is 0 Å². The summed E-state index contributed by atoms with van der Waals surface area (Å²) >= 11 is 0. The predicted molar refractivity (Wildman–Crippen MR) is 86.1 cm³/mol. The van der Waals surface area contributed by atoms with E-state index in [2.05, 4.69) is 27.7 Å². The van der Waals surface area contributed by atoms with E-state index in [1.807, 2.05) is 0 Å². The van der Waals surface area contributed by atoms with Crippen LogP contribution in [0.1, 0.15) is 98.9 Å². The zero-order valence-electron chi connectivity index (χ0n) is 6.62. The van der Waals surface area contributed by atoms with Crippen molar-refractivity contribution in [1.29, 1.82) is 0 Å². The zero-order valence-corrected chi connectivity index (χ0v) is 6.62. The van der Waals surface area contributed by atoms with Gasteiger partial charge in [0, 0.05) is 0 Å². The van der Waals surface area contributed by atoms with Crippen molar-refractivity contribution in [2.75, 3.05) is 0 Å². The van der Waals surface area contributed by atoms with Gasteiger partial charge in [0.2, 0.25) is 0 Å². The first kappa shape index (κ1) is 60.0. The Kier molecular flexibility index (Phi) is 117. The molecule has 0 unspecified atom stereocenters. The van der Waals surface area contributed by atoms with Crippen LogP contribution in [0.4, 0.5) is 0 Å². The summed E-state index contributed by atoms with van der Waals surface area (Å²) in [5.41, 5.74) is 0.625. The van der Waals surface area contributed by atoms with Gasteiger partial charge in [-0.25, -0.2) is 0 Å². The topological polar surface area (TPSA) is 0 Å². The lowest BCUT2D eigenvalue weighted by Crippen LogP contribution is -2.10. The Morgan fingerprint density at radius 1 is 0.533 bits per heavy atom. The van der Waals surface area contributed by atoms with E-state index in [0.717, 1.165) is 0 Å². The van der Waals surface area contributed by atoms with Gasteiger partial charge in [-0.3, -0.25) is 0 Å². The minimum absolute atomic E-state index is 0. The van der Waals surface area contributed by atoms with Gasteiger partial charge in [-0.05, 0) is 5.41 Å². The molecule has 0 nitrogen and oxygen atoms in total. The maximum absolute atomic E-state index is 2.35. The van der Waals surface area contributed by atoms with Crippen LogP contribution in [0, 0.1) is 5.41 Å². The van der Waals surface area contributed by atoms with E-state index >= 15 is 0 Å². The van der Waals surface area contributed by atoms with E-state index < -0.39 is 0 Å². The van der Waals surface area contributed by atoms with Crippen LogP contribution in [-0.2, 0) is 0 Å². The van der Waals surface area contributed by atoms with Gasteiger partial charge in [-0.15, -0.1) is 0 Å². The molecule has 0 atom stereocenters. The van der Waals surface area contributed by atoms with Crippen LogP contribution in [0.5, 0.6) is 0 Å². The molecule has 0 heterocycles. The van der Waals surface area contributed by atoms with Crippen molar-refractivity contribution < 1.29 is 0 Å². The molecule has 0 fully saturated rings. The highest BCUT2D eigenvalue weighted by molar-refractivity contribution is 4.67. The van der Waals surface area contributed by atoms with Gasteiger partial charge in [0.1, 0.15) is 0 Å². The second kappa shape index (κ2) is 29.2. The Labute approximate surface area is 105 Å². The summed E-state index contributed by atoms with van der Waals surface area (Å²) in [5.74, 6) is 0. The van der Waals surface area contributed by atoms with Gasteiger partial charge in [-0.2, -0.15) is 0 Å². The van der Waals surface area contributed by atoms with Crippen molar-refractivity contribution in [2.24, 2.45) is 5.41 Å². The lowest BCUT2D eigenvalue weighted by molar-refractivity contribution is 0.286. The molecule has 0 heteroatoms. The Morgan fingerprint density at radius 2 is 0.667 bits per heavy atom. The Bertz CT molecular complexity index is 42.8. The van der Waals surface area contributed by atoms with Crippen molar-refractivity contribution in [3.05, 3.63) is 0 Å². The summed E-state index contributed by atoms with van der Waals surface area (Å²) < 4.78 is 0.